The summed E-state index contributed by atoms with van der Waals surface area (Å²) < 4.78 is 19.6. The third-order valence-corrected chi connectivity index (χ3v) is 10.6. The van der Waals surface area contributed by atoms with E-state index in [0.29, 0.717) is 46.1 Å². The Morgan fingerprint density at radius 2 is 1.70 bits per heavy atom. The molecule has 2 aliphatic heterocycles. The minimum Gasteiger partial charge on any atom is -0.508 e. The number of hydrogen-bond donors (Lipinski definition) is 2. The summed E-state index contributed by atoms with van der Waals surface area (Å²) in [4.78, 5) is 58.6. The third kappa shape index (κ3) is 4.48. The molecule has 2 aliphatic carbocycles. The predicted octanol–water partition coefficient (Wildman–Crippen LogP) is 5.59. The normalized spacial score (nSPS) is 28.2. The number of amides is 4. The van der Waals surface area contributed by atoms with Gasteiger partial charge < -0.3 is 9.84 Å². The van der Waals surface area contributed by atoms with Crippen LogP contribution in [0.1, 0.15) is 43.2 Å². The average Bonchev–Trinajstić information content (AvgIpc) is 3.43. The zero-order chi connectivity index (χ0) is 33.2. The van der Waals surface area contributed by atoms with Crippen molar-refractivity contribution in [3.63, 3.8) is 0 Å². The second kappa shape index (κ2) is 11.5. The van der Waals surface area contributed by atoms with E-state index in [4.69, 9.17) is 16.3 Å². The first-order valence-corrected chi connectivity index (χ1v) is 16.1. The quantitative estimate of drug-likeness (QED) is 0.251. The number of carbonyl (C=O) groups is 4. The highest BCUT2D eigenvalue weighted by molar-refractivity contribution is 6.30. The van der Waals surface area contributed by atoms with Crippen molar-refractivity contribution in [1.82, 2.24) is 9.91 Å². The Bertz CT molecular complexity index is 1830. The molecule has 3 aromatic carbocycles. The van der Waals surface area contributed by atoms with E-state index in [2.05, 4.69) is 5.43 Å². The molecule has 3 fully saturated rings. The second-order valence-corrected chi connectivity index (χ2v) is 13.0. The molecule has 0 bridgehead atoms. The topological polar surface area (TPSA) is 116 Å². The molecule has 47 heavy (non-hydrogen) atoms. The summed E-state index contributed by atoms with van der Waals surface area (Å²) in [7, 11) is 1.46. The number of nitrogens with zero attached hydrogens (tertiary/aromatic N) is 2. The van der Waals surface area contributed by atoms with Crippen LogP contribution >= 0.6 is 11.6 Å². The number of hydrogen-bond acceptors (Lipinski definition) is 7. The molecule has 4 amide bonds. The Morgan fingerprint density at radius 3 is 2.38 bits per heavy atom. The molecular formula is C36H33ClFN3O6. The number of allylic oxidation sites excluding steroid dienone is 2. The van der Waals surface area contributed by atoms with Crippen LogP contribution < -0.4 is 10.2 Å². The van der Waals surface area contributed by atoms with Crippen LogP contribution in [0.2, 0.25) is 5.02 Å². The standard InChI is InChI=1S/C36H33ClFN3O6/c1-3-17-40-32(43)24-16-15-23-25(29(24)34(40)45)18-26-33(44)41(39-22-13-11-21(38)12-14-22)35(46)36(26,19-7-9-20(37)10-8-19)31(23)30-27(42)5-4-6-28(30)47-2/h4-15,24-26,29,31,39,42H,3,16-18H2,1-2H3. The molecule has 3 aromatic rings. The molecule has 4 aliphatic rings. The monoisotopic (exact) mass is 657 g/mol. The summed E-state index contributed by atoms with van der Waals surface area (Å²) in [6.45, 7) is 2.20. The van der Waals surface area contributed by atoms with Crippen molar-refractivity contribution in [3.05, 3.63) is 100 Å². The Morgan fingerprint density at radius 1 is 0.979 bits per heavy atom. The van der Waals surface area contributed by atoms with Crippen LogP contribution in [0.3, 0.4) is 0 Å². The van der Waals surface area contributed by atoms with Crippen LogP contribution in [0.25, 0.3) is 0 Å². The Hall–Kier alpha value is -4.70. The van der Waals surface area contributed by atoms with Gasteiger partial charge in [-0.15, -0.1) is 0 Å². The number of halogens is 2. The van der Waals surface area contributed by atoms with Crippen molar-refractivity contribution >= 4 is 40.9 Å². The Balaban J connectivity index is 1.49. The number of hydrazine groups is 1. The van der Waals surface area contributed by atoms with Crippen LogP contribution in [-0.2, 0) is 24.6 Å². The number of phenols is 1. The van der Waals surface area contributed by atoms with Gasteiger partial charge in [-0.3, -0.25) is 29.5 Å². The lowest BCUT2D eigenvalue weighted by Crippen LogP contribution is -2.53. The van der Waals surface area contributed by atoms with Gasteiger partial charge in [0.2, 0.25) is 11.8 Å². The van der Waals surface area contributed by atoms with E-state index in [1.807, 2.05) is 13.0 Å². The maximum Gasteiger partial charge on any atom is 0.260 e. The van der Waals surface area contributed by atoms with Crippen molar-refractivity contribution in [3.8, 4) is 11.5 Å². The lowest BCUT2D eigenvalue weighted by Gasteiger charge is -2.50. The molecule has 11 heteroatoms. The smallest absolute Gasteiger partial charge is 0.260 e. The number of carbonyl (C=O) groups excluding carboxylic acids is 4. The third-order valence-electron chi connectivity index (χ3n) is 10.3. The number of rotatable bonds is 7. The van der Waals surface area contributed by atoms with Crippen LogP contribution in [0.15, 0.2) is 78.4 Å². The second-order valence-electron chi connectivity index (χ2n) is 12.6. The summed E-state index contributed by atoms with van der Waals surface area (Å²) in [6.07, 6.45) is 2.91. The molecule has 6 unspecified atom stereocenters. The highest BCUT2D eigenvalue weighted by atomic mass is 35.5. The highest BCUT2D eigenvalue weighted by Gasteiger charge is 2.71. The van der Waals surface area contributed by atoms with Crippen LogP contribution in [0.4, 0.5) is 10.1 Å². The minimum absolute atomic E-state index is 0.104. The van der Waals surface area contributed by atoms with Gasteiger partial charge in [-0.1, -0.05) is 48.4 Å². The number of benzene rings is 3. The van der Waals surface area contributed by atoms with Gasteiger partial charge in [-0.25, -0.2) is 4.39 Å². The van der Waals surface area contributed by atoms with Crippen LogP contribution in [-0.4, -0.2) is 52.3 Å². The first-order chi connectivity index (χ1) is 22.6. The fraction of sp³-hybridized carbons (Fsp3) is 0.333. The van der Waals surface area contributed by atoms with Crippen molar-refractivity contribution in [2.24, 2.45) is 23.7 Å². The van der Waals surface area contributed by atoms with Gasteiger partial charge in [-0.2, -0.15) is 5.01 Å². The first kappa shape index (κ1) is 30.9. The van der Waals surface area contributed by atoms with E-state index < -0.39 is 52.6 Å². The molecule has 2 heterocycles. The number of fused-ring (bicyclic) bond motifs is 4. The number of aromatic hydroxyl groups is 1. The summed E-state index contributed by atoms with van der Waals surface area (Å²) in [5.41, 5.74) is 3.10. The predicted molar refractivity (Wildman–Crippen MR) is 171 cm³/mol. The van der Waals surface area contributed by atoms with E-state index in [-0.39, 0.29) is 30.4 Å². The molecule has 0 spiro atoms. The molecule has 2 N–H and O–H groups in total. The first-order valence-electron chi connectivity index (χ1n) is 15.7. The summed E-state index contributed by atoms with van der Waals surface area (Å²) in [6, 6.07) is 16.8. The molecule has 9 nitrogen and oxygen atoms in total. The number of anilines is 1. The molecule has 1 saturated carbocycles. The number of likely N-dealkylation sites (tertiary alicyclic amines) is 1. The van der Waals surface area contributed by atoms with Crippen LogP contribution in [0, 0.1) is 29.5 Å². The van der Waals surface area contributed by atoms with Gasteiger partial charge in [0.15, 0.2) is 0 Å². The summed E-state index contributed by atoms with van der Waals surface area (Å²) in [5, 5.41) is 12.9. The largest absolute Gasteiger partial charge is 0.508 e. The molecule has 0 radical (unpaired) electrons. The van der Waals surface area contributed by atoms with Gasteiger partial charge >= 0.3 is 0 Å². The van der Waals surface area contributed by atoms with E-state index in [0.717, 1.165) is 5.01 Å². The fourth-order valence-electron chi connectivity index (χ4n) is 8.48. The number of imide groups is 2. The Kier molecular flexibility index (Phi) is 7.58. The molecule has 6 atom stereocenters. The van der Waals surface area contributed by atoms with Crippen molar-refractivity contribution in [2.75, 3.05) is 19.1 Å². The van der Waals surface area contributed by atoms with Gasteiger partial charge in [0.05, 0.1) is 36.0 Å². The fourth-order valence-corrected chi connectivity index (χ4v) is 8.60. The lowest BCUT2D eigenvalue weighted by molar-refractivity contribution is -0.141. The average molecular weight is 658 g/mol. The molecule has 7 rings (SSSR count). The molecule has 2 saturated heterocycles. The zero-order valence-corrected chi connectivity index (χ0v) is 26.5. The summed E-state index contributed by atoms with van der Waals surface area (Å²) in [5.74, 6) is -5.83. The van der Waals surface area contributed by atoms with Crippen molar-refractivity contribution < 1.29 is 33.4 Å². The van der Waals surface area contributed by atoms with Gasteiger partial charge in [-0.05, 0) is 79.3 Å². The van der Waals surface area contributed by atoms with Gasteiger partial charge in [0.25, 0.3) is 11.8 Å². The van der Waals surface area contributed by atoms with Crippen molar-refractivity contribution in [1.29, 1.82) is 0 Å². The van der Waals surface area contributed by atoms with E-state index in [1.54, 1.807) is 36.4 Å². The maximum absolute atomic E-state index is 15.1. The van der Waals surface area contributed by atoms with Gasteiger partial charge in [0.1, 0.15) is 17.3 Å². The van der Waals surface area contributed by atoms with Gasteiger partial charge in [0, 0.05) is 23.0 Å². The molecular weight excluding hydrogens is 625 g/mol. The number of methoxy groups -OCH3 is 1. The van der Waals surface area contributed by atoms with E-state index in [1.165, 1.54) is 42.3 Å². The molecule has 0 aromatic heterocycles. The molecule has 242 valence electrons. The highest BCUT2D eigenvalue weighted by Crippen LogP contribution is 2.65. The van der Waals surface area contributed by atoms with Crippen LogP contribution in [0.5, 0.6) is 11.5 Å². The minimum atomic E-state index is -1.62. The van der Waals surface area contributed by atoms with Crippen molar-refractivity contribution in [2.45, 2.75) is 37.5 Å². The zero-order valence-electron chi connectivity index (χ0n) is 25.8. The summed E-state index contributed by atoms with van der Waals surface area (Å²) >= 11 is 6.32. The van der Waals surface area contributed by atoms with E-state index in [9.17, 15) is 23.9 Å². The SMILES string of the molecule is CCCN1C(=O)C2CC=C3C(CC4C(=O)N(Nc5ccc(F)cc5)C(=O)C4(c4ccc(Cl)cc4)C3c3c(O)cccc3OC)C2C1=O. The maximum atomic E-state index is 15.1. The number of nitrogens with one attached hydrogen (secondary N) is 1. The van der Waals surface area contributed by atoms with E-state index >= 15 is 4.79 Å². The number of phenolic OH excluding ortho intramolecular Hbond substituents is 1. The number of ether oxygens (including phenoxy) is 1. The Labute approximate surface area is 275 Å². The lowest BCUT2D eigenvalue weighted by atomic mass is 9.49.